The standard InChI is InChI=1S/C26H25ClN2O3/c1-4-16(3)18-9-13-24-23(14-18)29-26(32-24)19-8-12-21(27)22(15-19)28-25(30)17-6-10-20(11-7-17)31-5-2/h6-16H,4-5H2,1-3H3,(H,28,30)/t16-/m1/s1. The van der Waals surface area contributed by atoms with E-state index in [0.717, 1.165) is 28.8 Å². The van der Waals surface area contributed by atoms with Crippen molar-refractivity contribution in [2.45, 2.75) is 33.1 Å². The molecule has 4 rings (SSSR count). The number of hydrogen-bond acceptors (Lipinski definition) is 4. The van der Waals surface area contributed by atoms with Gasteiger partial charge in [0.25, 0.3) is 5.91 Å². The van der Waals surface area contributed by atoms with Crippen molar-refractivity contribution in [2.75, 3.05) is 11.9 Å². The highest BCUT2D eigenvalue weighted by Crippen LogP contribution is 2.32. The first-order valence-corrected chi connectivity index (χ1v) is 11.1. The highest BCUT2D eigenvalue weighted by Gasteiger charge is 2.14. The van der Waals surface area contributed by atoms with Crippen LogP contribution in [0.25, 0.3) is 22.6 Å². The van der Waals surface area contributed by atoms with Crippen molar-refractivity contribution in [1.29, 1.82) is 0 Å². The maximum atomic E-state index is 12.7. The number of carbonyl (C=O) groups is 1. The fourth-order valence-corrected chi connectivity index (χ4v) is 3.59. The second kappa shape index (κ2) is 9.45. The molecule has 32 heavy (non-hydrogen) atoms. The summed E-state index contributed by atoms with van der Waals surface area (Å²) in [5.41, 5.74) is 4.51. The lowest BCUT2D eigenvalue weighted by Gasteiger charge is -2.09. The van der Waals surface area contributed by atoms with Gasteiger partial charge in [-0.25, -0.2) is 4.98 Å². The van der Waals surface area contributed by atoms with E-state index in [9.17, 15) is 4.79 Å². The number of amides is 1. The summed E-state index contributed by atoms with van der Waals surface area (Å²) in [6, 6.07) is 18.4. The first-order chi connectivity index (χ1) is 15.5. The van der Waals surface area contributed by atoms with Gasteiger partial charge in [-0.1, -0.05) is 31.5 Å². The minimum Gasteiger partial charge on any atom is -0.494 e. The number of oxazole rings is 1. The second-order valence-electron chi connectivity index (χ2n) is 7.66. The van der Waals surface area contributed by atoms with Crippen LogP contribution in [0.2, 0.25) is 5.02 Å². The van der Waals surface area contributed by atoms with Gasteiger partial charge in [-0.2, -0.15) is 0 Å². The molecule has 1 amide bonds. The molecule has 0 aliphatic carbocycles. The van der Waals surface area contributed by atoms with Crippen molar-refractivity contribution < 1.29 is 13.9 Å². The highest BCUT2D eigenvalue weighted by atomic mass is 35.5. The number of benzene rings is 3. The average Bonchev–Trinajstić information content (AvgIpc) is 3.24. The maximum Gasteiger partial charge on any atom is 0.255 e. The van der Waals surface area contributed by atoms with Gasteiger partial charge < -0.3 is 14.5 Å². The Balaban J connectivity index is 1.59. The molecule has 0 fully saturated rings. The van der Waals surface area contributed by atoms with Crippen molar-refractivity contribution in [1.82, 2.24) is 4.98 Å². The molecule has 3 aromatic carbocycles. The number of halogens is 1. The first-order valence-electron chi connectivity index (χ1n) is 10.7. The normalized spacial score (nSPS) is 12.0. The molecule has 0 spiro atoms. The van der Waals surface area contributed by atoms with Gasteiger partial charge in [0.2, 0.25) is 5.89 Å². The van der Waals surface area contributed by atoms with Crippen molar-refractivity contribution in [3.8, 4) is 17.2 Å². The number of ether oxygens (including phenoxy) is 1. The largest absolute Gasteiger partial charge is 0.494 e. The smallest absolute Gasteiger partial charge is 0.255 e. The Kier molecular flexibility index (Phi) is 6.47. The van der Waals surface area contributed by atoms with Gasteiger partial charge in [-0.15, -0.1) is 0 Å². The Morgan fingerprint density at radius 1 is 1.09 bits per heavy atom. The molecule has 0 aliphatic rings. The summed E-state index contributed by atoms with van der Waals surface area (Å²) in [7, 11) is 0. The van der Waals surface area contributed by atoms with Crippen molar-refractivity contribution in [3.05, 3.63) is 76.8 Å². The SMILES string of the molecule is CCOc1ccc(C(=O)Nc2cc(-c3nc4cc([C@H](C)CC)ccc4o3)ccc2Cl)cc1. The van der Waals surface area contributed by atoms with E-state index in [4.69, 9.17) is 20.8 Å². The number of fused-ring (bicyclic) bond motifs is 1. The van der Waals surface area contributed by atoms with Crippen LogP contribution in [0.15, 0.2) is 65.1 Å². The third-order valence-electron chi connectivity index (χ3n) is 5.48. The Hall–Kier alpha value is -3.31. The summed E-state index contributed by atoms with van der Waals surface area (Å²) in [5, 5.41) is 3.31. The third-order valence-corrected chi connectivity index (χ3v) is 5.81. The quantitative estimate of drug-likeness (QED) is 0.322. The lowest BCUT2D eigenvalue weighted by Crippen LogP contribution is -2.12. The number of nitrogens with zero attached hydrogens (tertiary/aromatic N) is 1. The van der Waals surface area contributed by atoms with Gasteiger partial charge in [0, 0.05) is 11.1 Å². The predicted octanol–water partition coefficient (Wildman–Crippen LogP) is 7.31. The Morgan fingerprint density at radius 3 is 2.59 bits per heavy atom. The van der Waals surface area contributed by atoms with Gasteiger partial charge in [0.05, 0.1) is 17.3 Å². The summed E-state index contributed by atoms with van der Waals surface area (Å²) in [4.78, 5) is 17.4. The van der Waals surface area contributed by atoms with E-state index in [1.54, 1.807) is 36.4 Å². The molecule has 4 aromatic rings. The van der Waals surface area contributed by atoms with Gasteiger partial charge in [0.1, 0.15) is 11.3 Å². The molecule has 0 unspecified atom stereocenters. The van der Waals surface area contributed by atoms with Crippen molar-refractivity contribution in [2.24, 2.45) is 0 Å². The second-order valence-corrected chi connectivity index (χ2v) is 8.07. The number of anilines is 1. The zero-order valence-electron chi connectivity index (χ0n) is 18.3. The molecule has 1 heterocycles. The Morgan fingerprint density at radius 2 is 1.88 bits per heavy atom. The summed E-state index contributed by atoms with van der Waals surface area (Å²) >= 11 is 6.35. The van der Waals surface area contributed by atoms with Crippen LogP contribution in [0, 0.1) is 0 Å². The van der Waals surface area contributed by atoms with Crippen LogP contribution in [0.3, 0.4) is 0 Å². The molecule has 0 aliphatic heterocycles. The summed E-state index contributed by atoms with van der Waals surface area (Å²) in [6.07, 6.45) is 1.06. The lowest BCUT2D eigenvalue weighted by molar-refractivity contribution is 0.102. The first kappa shape index (κ1) is 21.9. The number of nitrogens with one attached hydrogen (secondary N) is 1. The highest BCUT2D eigenvalue weighted by molar-refractivity contribution is 6.34. The van der Waals surface area contributed by atoms with Crippen molar-refractivity contribution >= 4 is 34.3 Å². The molecule has 0 saturated carbocycles. The van der Waals surface area contributed by atoms with Crippen LogP contribution in [0.4, 0.5) is 5.69 Å². The average molecular weight is 449 g/mol. The molecule has 6 heteroatoms. The zero-order valence-corrected chi connectivity index (χ0v) is 19.1. The van der Waals surface area contributed by atoms with Crippen LogP contribution in [-0.4, -0.2) is 17.5 Å². The zero-order chi connectivity index (χ0) is 22.7. The topological polar surface area (TPSA) is 64.4 Å². The van der Waals surface area contributed by atoms with E-state index < -0.39 is 0 Å². The lowest BCUT2D eigenvalue weighted by atomic mass is 9.98. The molecular formula is C26H25ClN2O3. The molecule has 0 saturated heterocycles. The number of rotatable bonds is 7. The van der Waals surface area contributed by atoms with Crippen LogP contribution < -0.4 is 10.1 Å². The Labute approximate surface area is 192 Å². The molecule has 1 N–H and O–H groups in total. The van der Waals surface area contributed by atoms with E-state index in [0.29, 0.717) is 34.7 Å². The van der Waals surface area contributed by atoms with E-state index in [1.807, 2.05) is 19.1 Å². The fraction of sp³-hybridized carbons (Fsp3) is 0.231. The fourth-order valence-electron chi connectivity index (χ4n) is 3.43. The maximum absolute atomic E-state index is 12.7. The van der Waals surface area contributed by atoms with Crippen LogP contribution in [-0.2, 0) is 0 Å². The molecule has 0 bridgehead atoms. The Bertz CT molecular complexity index is 1250. The van der Waals surface area contributed by atoms with E-state index >= 15 is 0 Å². The van der Waals surface area contributed by atoms with Crippen LogP contribution >= 0.6 is 11.6 Å². The molecule has 5 nitrogen and oxygen atoms in total. The van der Waals surface area contributed by atoms with E-state index in [1.165, 1.54) is 5.56 Å². The minimum absolute atomic E-state index is 0.261. The summed E-state index contributed by atoms with van der Waals surface area (Å²) in [6.45, 7) is 6.85. The van der Waals surface area contributed by atoms with Gasteiger partial charge in [0.15, 0.2) is 5.58 Å². The van der Waals surface area contributed by atoms with E-state index in [-0.39, 0.29) is 5.91 Å². The van der Waals surface area contributed by atoms with Gasteiger partial charge in [-0.05, 0) is 79.4 Å². The summed E-state index contributed by atoms with van der Waals surface area (Å²) in [5.74, 6) is 1.40. The number of hydrogen-bond donors (Lipinski definition) is 1. The third kappa shape index (κ3) is 4.63. The molecular weight excluding hydrogens is 424 g/mol. The summed E-state index contributed by atoms with van der Waals surface area (Å²) < 4.78 is 11.4. The molecule has 1 atom stereocenters. The monoisotopic (exact) mass is 448 g/mol. The molecule has 164 valence electrons. The van der Waals surface area contributed by atoms with Gasteiger partial charge in [-0.3, -0.25) is 4.79 Å². The van der Waals surface area contributed by atoms with E-state index in [2.05, 4.69) is 36.3 Å². The van der Waals surface area contributed by atoms with Crippen molar-refractivity contribution in [3.63, 3.8) is 0 Å². The predicted molar refractivity (Wildman–Crippen MR) is 129 cm³/mol. The van der Waals surface area contributed by atoms with Crippen LogP contribution in [0.1, 0.15) is 49.0 Å². The number of aromatic nitrogens is 1. The minimum atomic E-state index is -0.261. The molecule has 1 aromatic heterocycles. The molecule has 0 radical (unpaired) electrons. The number of carbonyl (C=O) groups excluding carboxylic acids is 1. The van der Waals surface area contributed by atoms with Gasteiger partial charge >= 0.3 is 0 Å². The van der Waals surface area contributed by atoms with Crippen LogP contribution in [0.5, 0.6) is 5.75 Å².